The molecule has 0 bridgehead atoms. The molecule has 0 spiro atoms. The first kappa shape index (κ1) is 29.4. The maximum absolute atomic E-state index is 12.8. The van der Waals surface area contributed by atoms with Crippen molar-refractivity contribution in [2.24, 2.45) is 5.92 Å². The minimum absolute atomic E-state index is 0.00250. The highest BCUT2D eigenvalue weighted by atomic mass is 35.5. The van der Waals surface area contributed by atoms with E-state index < -0.39 is 20.0 Å². The van der Waals surface area contributed by atoms with Gasteiger partial charge >= 0.3 is 0 Å². The van der Waals surface area contributed by atoms with Gasteiger partial charge in [-0.05, 0) is 73.7 Å². The largest absolute Gasteiger partial charge is 0.326 e. The van der Waals surface area contributed by atoms with Crippen molar-refractivity contribution in [2.75, 3.05) is 28.9 Å². The van der Waals surface area contributed by atoms with Crippen molar-refractivity contribution < 1.29 is 21.6 Å². The molecule has 3 aromatic carbocycles. The van der Waals surface area contributed by atoms with Crippen LogP contribution in [0.3, 0.4) is 0 Å². The predicted octanol–water partition coefficient (Wildman–Crippen LogP) is 5.41. The molecule has 0 saturated carbocycles. The topological polar surface area (TPSA) is 113 Å². The number of sulfonamides is 2. The van der Waals surface area contributed by atoms with Crippen LogP contribution in [-0.2, 0) is 31.3 Å². The second kappa shape index (κ2) is 12.7. The van der Waals surface area contributed by atoms with E-state index in [1.54, 1.807) is 0 Å². The Morgan fingerprint density at radius 2 is 1.56 bits per heavy atom. The van der Waals surface area contributed by atoms with E-state index in [4.69, 9.17) is 23.2 Å². The van der Waals surface area contributed by atoms with Crippen LogP contribution in [0.4, 0.5) is 11.4 Å². The summed E-state index contributed by atoms with van der Waals surface area (Å²) in [6.45, 7) is 0.587. The Morgan fingerprint density at radius 1 is 0.897 bits per heavy atom. The summed E-state index contributed by atoms with van der Waals surface area (Å²) in [5.74, 6) is -0.483. The van der Waals surface area contributed by atoms with Crippen molar-refractivity contribution in [2.45, 2.75) is 30.6 Å². The van der Waals surface area contributed by atoms with Crippen molar-refractivity contribution in [3.63, 3.8) is 0 Å². The zero-order chi connectivity index (χ0) is 28.0. The minimum atomic E-state index is -3.91. The van der Waals surface area contributed by atoms with E-state index in [0.29, 0.717) is 49.5 Å². The van der Waals surface area contributed by atoms with Gasteiger partial charge in [-0.1, -0.05) is 53.5 Å². The molecule has 39 heavy (non-hydrogen) atoms. The zero-order valence-corrected chi connectivity index (χ0v) is 24.2. The van der Waals surface area contributed by atoms with Crippen LogP contribution in [0.25, 0.3) is 0 Å². The van der Waals surface area contributed by atoms with Crippen LogP contribution in [0, 0.1) is 5.92 Å². The van der Waals surface area contributed by atoms with Gasteiger partial charge in [0.25, 0.3) is 10.0 Å². The highest BCUT2D eigenvalue weighted by Crippen LogP contribution is 2.28. The molecule has 208 valence electrons. The number of benzene rings is 3. The molecule has 0 aromatic heterocycles. The van der Waals surface area contributed by atoms with E-state index in [-0.39, 0.29) is 33.2 Å². The Balaban J connectivity index is 1.27. The maximum Gasteiger partial charge on any atom is 0.261 e. The lowest BCUT2D eigenvalue weighted by Crippen LogP contribution is -2.42. The Kier molecular flexibility index (Phi) is 9.56. The standard InChI is InChI=1S/C27H29Cl2N3O5S2/c28-22-8-13-26(25(29)19-22)31-39(36,37)24-11-9-23(10-12-24)30-27(33)21-14-16-32(17-15-21)38(34,35)18-4-7-20-5-2-1-3-6-20/h1-3,5-6,8-13,19,21,31H,4,7,14-18H2,(H,30,33). The monoisotopic (exact) mass is 609 g/mol. The molecule has 12 heteroatoms. The molecule has 1 heterocycles. The summed E-state index contributed by atoms with van der Waals surface area (Å²) >= 11 is 11.9. The molecule has 8 nitrogen and oxygen atoms in total. The summed E-state index contributed by atoms with van der Waals surface area (Å²) in [4.78, 5) is 12.8. The number of nitrogens with zero attached hydrogens (tertiary/aromatic N) is 1. The predicted molar refractivity (Wildman–Crippen MR) is 155 cm³/mol. The normalized spacial score (nSPS) is 15.1. The van der Waals surface area contributed by atoms with E-state index in [2.05, 4.69) is 10.0 Å². The van der Waals surface area contributed by atoms with Gasteiger partial charge in [0, 0.05) is 29.7 Å². The molecule has 0 radical (unpaired) electrons. The summed E-state index contributed by atoms with van der Waals surface area (Å²) in [6.07, 6.45) is 2.08. The van der Waals surface area contributed by atoms with Crippen molar-refractivity contribution in [1.29, 1.82) is 0 Å². The molecule has 1 aliphatic heterocycles. The lowest BCUT2D eigenvalue weighted by molar-refractivity contribution is -0.120. The first-order valence-electron chi connectivity index (χ1n) is 12.4. The highest BCUT2D eigenvalue weighted by molar-refractivity contribution is 7.92. The quantitative estimate of drug-likeness (QED) is 0.319. The fraction of sp³-hybridized carbons (Fsp3) is 0.296. The van der Waals surface area contributed by atoms with Crippen molar-refractivity contribution >= 4 is 60.5 Å². The van der Waals surface area contributed by atoms with Crippen LogP contribution in [0.15, 0.2) is 77.7 Å². The van der Waals surface area contributed by atoms with E-state index in [1.807, 2.05) is 30.3 Å². The number of carbonyl (C=O) groups is 1. The molecule has 0 aliphatic carbocycles. The van der Waals surface area contributed by atoms with Gasteiger partial charge < -0.3 is 5.32 Å². The average Bonchev–Trinajstić information content (AvgIpc) is 2.91. The van der Waals surface area contributed by atoms with Gasteiger partial charge in [0.05, 0.1) is 21.4 Å². The van der Waals surface area contributed by atoms with E-state index in [9.17, 15) is 21.6 Å². The number of piperidine rings is 1. The lowest BCUT2D eigenvalue weighted by atomic mass is 9.97. The summed E-state index contributed by atoms with van der Waals surface area (Å²) in [6, 6.07) is 20.0. The summed E-state index contributed by atoms with van der Waals surface area (Å²) in [5, 5.41) is 3.35. The second-order valence-electron chi connectivity index (χ2n) is 9.32. The van der Waals surface area contributed by atoms with Gasteiger partial charge in [-0.25, -0.2) is 21.1 Å². The molecular formula is C27H29Cl2N3O5S2. The SMILES string of the molecule is O=C(Nc1ccc(S(=O)(=O)Nc2ccc(Cl)cc2Cl)cc1)C1CCN(S(=O)(=O)CCCc2ccccc2)CC1. The summed E-state index contributed by atoms with van der Waals surface area (Å²) in [7, 11) is -7.29. The Labute approximate surface area is 239 Å². The second-order valence-corrected chi connectivity index (χ2v) is 13.9. The number of hydrogen-bond donors (Lipinski definition) is 2. The van der Waals surface area contributed by atoms with Gasteiger partial charge in [0.15, 0.2) is 0 Å². The van der Waals surface area contributed by atoms with E-state index in [1.165, 1.54) is 46.8 Å². The third kappa shape index (κ3) is 7.95. The fourth-order valence-corrected chi connectivity index (χ4v) is 7.49. The molecular weight excluding hydrogens is 581 g/mol. The number of anilines is 2. The number of carbonyl (C=O) groups excluding carboxylic acids is 1. The van der Waals surface area contributed by atoms with Gasteiger partial charge in [-0.15, -0.1) is 0 Å². The van der Waals surface area contributed by atoms with Crippen LogP contribution in [0.1, 0.15) is 24.8 Å². The zero-order valence-electron chi connectivity index (χ0n) is 21.0. The van der Waals surface area contributed by atoms with Gasteiger partial charge in [0.1, 0.15) is 0 Å². The molecule has 2 N–H and O–H groups in total. The maximum atomic E-state index is 12.8. The molecule has 1 aliphatic rings. The smallest absolute Gasteiger partial charge is 0.261 e. The highest BCUT2D eigenvalue weighted by Gasteiger charge is 2.31. The molecule has 1 saturated heterocycles. The van der Waals surface area contributed by atoms with Crippen LogP contribution in [0.2, 0.25) is 10.0 Å². The van der Waals surface area contributed by atoms with Gasteiger partial charge in [-0.3, -0.25) is 9.52 Å². The van der Waals surface area contributed by atoms with E-state index >= 15 is 0 Å². The Hall–Kier alpha value is -2.63. The van der Waals surface area contributed by atoms with Gasteiger partial charge in [0.2, 0.25) is 15.9 Å². The first-order valence-corrected chi connectivity index (χ1v) is 16.3. The number of hydrogen-bond acceptors (Lipinski definition) is 5. The van der Waals surface area contributed by atoms with Crippen molar-refractivity contribution in [3.05, 3.63) is 88.4 Å². The van der Waals surface area contributed by atoms with Crippen molar-refractivity contribution in [3.8, 4) is 0 Å². The third-order valence-electron chi connectivity index (χ3n) is 6.54. The Morgan fingerprint density at radius 3 is 2.21 bits per heavy atom. The van der Waals surface area contributed by atoms with Crippen LogP contribution < -0.4 is 10.0 Å². The molecule has 1 amide bonds. The third-order valence-corrected chi connectivity index (χ3v) is 10.4. The number of rotatable bonds is 10. The molecule has 1 fully saturated rings. The molecule has 4 rings (SSSR count). The number of nitrogens with one attached hydrogen (secondary N) is 2. The molecule has 0 unspecified atom stereocenters. The minimum Gasteiger partial charge on any atom is -0.326 e. The lowest BCUT2D eigenvalue weighted by Gasteiger charge is -2.30. The van der Waals surface area contributed by atoms with Crippen LogP contribution in [0.5, 0.6) is 0 Å². The fourth-order valence-electron chi connectivity index (χ4n) is 4.37. The number of halogens is 2. The Bertz CT molecular complexity index is 1510. The average molecular weight is 611 g/mol. The first-order chi connectivity index (χ1) is 18.5. The van der Waals surface area contributed by atoms with Crippen molar-refractivity contribution in [1.82, 2.24) is 4.31 Å². The summed E-state index contributed by atoms with van der Waals surface area (Å²) < 4.78 is 54.9. The number of amides is 1. The molecule has 3 aromatic rings. The summed E-state index contributed by atoms with van der Waals surface area (Å²) in [5.41, 5.74) is 1.75. The van der Waals surface area contributed by atoms with E-state index in [0.717, 1.165) is 5.56 Å². The van der Waals surface area contributed by atoms with Crippen LogP contribution >= 0.6 is 23.2 Å². The van der Waals surface area contributed by atoms with Crippen LogP contribution in [-0.4, -0.2) is 45.9 Å². The molecule has 0 atom stereocenters. The number of aryl methyl sites for hydroxylation is 1. The van der Waals surface area contributed by atoms with Gasteiger partial charge in [-0.2, -0.15) is 0 Å².